The number of Topliss-reactive ketones (excluding diaryl/α,β-unsaturated/α-hetero) is 1. The van der Waals surface area contributed by atoms with Crippen molar-refractivity contribution in [3.05, 3.63) is 268 Å². The average molecular weight is 1660 g/mol. The lowest BCUT2D eigenvalue weighted by atomic mass is 9.87. The second-order valence-corrected chi connectivity index (χ2v) is 35.1. The number of aromatic amines is 1. The van der Waals surface area contributed by atoms with Crippen LogP contribution < -0.4 is 39.9 Å². The number of ether oxygens (including phenoxy) is 8. The molecule has 20 heteroatoms. The molecule has 3 aliphatic carbocycles. The molecule has 7 heterocycles. The van der Waals surface area contributed by atoms with Crippen molar-refractivity contribution in [2.24, 2.45) is 17.8 Å². The molecular formula is C102H135N9O11. The Morgan fingerprint density at radius 2 is 0.885 bits per heavy atom. The molecule has 3 N–H and O–H groups in total. The van der Waals surface area contributed by atoms with E-state index < -0.39 is 5.60 Å². The summed E-state index contributed by atoms with van der Waals surface area (Å²) in [5.41, 5.74) is 7.94. The first-order valence-corrected chi connectivity index (χ1v) is 44.6. The Hall–Kier alpha value is -9.35. The smallest absolute Gasteiger partial charge is 0.254 e. The van der Waals surface area contributed by atoms with Crippen LogP contribution in [-0.2, 0) is 78.3 Å². The summed E-state index contributed by atoms with van der Waals surface area (Å²) in [5, 5.41) is 13.6. The number of nitrogens with one attached hydrogen (secondary N) is 2. The number of carbonyl (C=O) groups is 1. The Labute approximate surface area is 725 Å². The molecule has 5 saturated heterocycles. The van der Waals surface area contributed by atoms with E-state index in [9.17, 15) is 14.7 Å². The van der Waals surface area contributed by atoms with Gasteiger partial charge in [-0.1, -0.05) is 207 Å². The first-order valence-electron chi connectivity index (χ1n) is 44.6. The van der Waals surface area contributed by atoms with Gasteiger partial charge in [0, 0.05) is 98.2 Å². The van der Waals surface area contributed by atoms with Gasteiger partial charge in [-0.2, -0.15) is 15.0 Å². The summed E-state index contributed by atoms with van der Waals surface area (Å²) in [4.78, 5) is 50.3. The van der Waals surface area contributed by atoms with Crippen molar-refractivity contribution in [1.29, 1.82) is 0 Å². The number of aromatic nitrogens is 4. The predicted molar refractivity (Wildman–Crippen MR) is 488 cm³/mol. The van der Waals surface area contributed by atoms with Crippen molar-refractivity contribution in [2.75, 3.05) is 127 Å². The highest BCUT2D eigenvalue weighted by atomic mass is 16.5. The molecule has 7 aromatic carbocycles. The number of hydrogen-bond acceptors (Lipinski definition) is 19. The van der Waals surface area contributed by atoms with E-state index in [1.54, 1.807) is 27.4 Å². The second kappa shape index (κ2) is 44.8. The van der Waals surface area contributed by atoms with Gasteiger partial charge in [0.05, 0.1) is 73.6 Å². The molecule has 122 heavy (non-hydrogen) atoms. The van der Waals surface area contributed by atoms with Crippen LogP contribution in [0.3, 0.4) is 0 Å². The number of rotatable bonds is 24. The maximum Gasteiger partial charge on any atom is 0.254 e. The molecule has 0 bridgehead atoms. The fourth-order valence-corrected chi connectivity index (χ4v) is 18.7. The fraction of sp³-hybridized carbons (Fsp3) is 0.500. The van der Waals surface area contributed by atoms with E-state index >= 15 is 0 Å². The Morgan fingerprint density at radius 3 is 1.36 bits per heavy atom. The minimum atomic E-state index is -0.435. The number of morpholine rings is 2. The molecule has 0 radical (unpaired) electrons. The number of benzene rings is 7. The highest BCUT2D eigenvalue weighted by Crippen LogP contribution is 2.43. The van der Waals surface area contributed by atoms with Crippen LogP contribution in [0.1, 0.15) is 151 Å². The van der Waals surface area contributed by atoms with Crippen LogP contribution in [0.25, 0.3) is 0 Å². The van der Waals surface area contributed by atoms with Crippen LogP contribution in [0.15, 0.2) is 223 Å². The minimum absolute atomic E-state index is 0.00413. The second-order valence-electron chi connectivity index (χ2n) is 35.1. The normalized spacial score (nSPS) is 26.0. The number of ketones is 1. The summed E-state index contributed by atoms with van der Waals surface area (Å²) in [6, 6.07) is 75.1. The third-order valence-electron chi connectivity index (χ3n) is 27.0. The molecule has 0 spiro atoms. The Morgan fingerprint density at radius 1 is 0.434 bits per heavy atom. The summed E-state index contributed by atoms with van der Waals surface area (Å²) in [5.74, 6) is 6.16. The quantitative estimate of drug-likeness (QED) is 0.0514. The number of methoxy groups -OCH3 is 5. The zero-order valence-electron chi connectivity index (χ0n) is 74.1. The highest BCUT2D eigenvalue weighted by Gasteiger charge is 2.48. The first-order chi connectivity index (χ1) is 59.2. The van der Waals surface area contributed by atoms with Gasteiger partial charge in [0.15, 0.2) is 0 Å². The van der Waals surface area contributed by atoms with E-state index in [1.807, 2.05) is 87.9 Å². The van der Waals surface area contributed by atoms with Gasteiger partial charge in [0.2, 0.25) is 17.8 Å². The molecule has 11 atom stereocenters. The van der Waals surface area contributed by atoms with Gasteiger partial charge in [-0.3, -0.25) is 14.6 Å². The molecule has 17 rings (SSSR count). The van der Waals surface area contributed by atoms with Crippen LogP contribution in [-0.4, -0.2) is 185 Å². The number of nitrogens with zero attached hydrogens (tertiary/aromatic N) is 7. The van der Waals surface area contributed by atoms with E-state index in [2.05, 4.69) is 203 Å². The van der Waals surface area contributed by atoms with Crippen LogP contribution >= 0.6 is 0 Å². The van der Waals surface area contributed by atoms with E-state index in [1.165, 1.54) is 65.5 Å². The molecule has 0 amide bonds. The fourth-order valence-electron chi connectivity index (χ4n) is 18.7. The van der Waals surface area contributed by atoms with Gasteiger partial charge in [-0.15, -0.1) is 0 Å². The average Bonchev–Trinajstić information content (AvgIpc) is 1.83. The monoisotopic (exact) mass is 1660 g/mol. The molecule has 8 aliphatic rings. The zero-order chi connectivity index (χ0) is 85.8. The third kappa shape index (κ3) is 25.4. The zero-order valence-corrected chi connectivity index (χ0v) is 74.1. The van der Waals surface area contributed by atoms with Crippen LogP contribution in [0.5, 0.6) is 11.6 Å². The van der Waals surface area contributed by atoms with Gasteiger partial charge in [-0.05, 0) is 200 Å². The molecule has 2 aromatic heterocycles. The van der Waals surface area contributed by atoms with Crippen LogP contribution in [0.4, 0.5) is 23.5 Å². The number of aliphatic hydroxyl groups is 1. The largest absolute Gasteiger partial charge is 0.497 e. The minimum Gasteiger partial charge on any atom is -0.497 e. The molecule has 0 unspecified atom stereocenters. The standard InChI is InChI=1S/C29H36N4O4.C21H28N4O3.C14H20O.C13H19NO.C13H18O.C12H14O/c1-29(35-3)13-14-33(25(29)19-22-7-5-4-6-8-22)28-30-26(32-15-17-36-18-16-32)20-27(31-28)37-21-23-9-11-24(34-2)12-10-23;1-21(27-2)8-9-25(17(21)14-16-6-4-3-5-7-16)20-22-18(15-19(26)23-20)24-10-12-28-13-11-24;1-14(15-2)10-6-9-13(14)11-12-7-4-3-5-8-12;1-13(15-2)8-9-14-12(13)10-11-6-4-3-5-7-11;1-13(14)9-5-8-12(13)10-11-6-3-2-4-7-11;13-12-8-4-7-11(12)9-10-5-2-1-3-6-10/h4-12,20,25H,13-19,21H2,1-3H3;3-7,15,17H,8-14H2,1-2H3,(H,22,23,26);3-5,7-8,13H,6,9-11H2,1-2H3;3-7,12,14H,8-10H2,1-2H3;2-4,6-7,12,14H,5,8-10H2,1H3;1-3,5-6,11H,4,7-9H2/t25-,29-;17-,21-;13-,14-;2*12-,13-;11-/m000000/s1. The van der Waals surface area contributed by atoms with Gasteiger partial charge >= 0.3 is 0 Å². The molecule has 3 saturated carbocycles. The van der Waals surface area contributed by atoms with Gasteiger partial charge in [0.1, 0.15) is 29.8 Å². The summed E-state index contributed by atoms with van der Waals surface area (Å²) in [7, 11) is 8.89. The van der Waals surface area contributed by atoms with Crippen molar-refractivity contribution in [1.82, 2.24) is 25.3 Å². The molecule has 9 aromatic rings. The Balaban J connectivity index is 0.000000141. The van der Waals surface area contributed by atoms with E-state index in [-0.39, 0.29) is 40.0 Å². The summed E-state index contributed by atoms with van der Waals surface area (Å²) in [6.45, 7) is 19.6. The lowest BCUT2D eigenvalue weighted by Crippen LogP contribution is -2.46. The van der Waals surface area contributed by atoms with Crippen molar-refractivity contribution >= 4 is 29.3 Å². The molecule has 5 aliphatic heterocycles. The predicted octanol–water partition coefficient (Wildman–Crippen LogP) is 16.8. The van der Waals surface area contributed by atoms with Gasteiger partial charge in [0.25, 0.3) is 5.56 Å². The van der Waals surface area contributed by atoms with E-state index in [4.69, 9.17) is 52.8 Å². The van der Waals surface area contributed by atoms with E-state index in [0.29, 0.717) is 86.2 Å². The van der Waals surface area contributed by atoms with Crippen molar-refractivity contribution in [3.8, 4) is 11.6 Å². The van der Waals surface area contributed by atoms with Crippen molar-refractivity contribution in [2.45, 2.75) is 203 Å². The molecule has 654 valence electrons. The number of anilines is 4. The lowest BCUT2D eigenvalue weighted by Gasteiger charge is -2.35. The summed E-state index contributed by atoms with van der Waals surface area (Å²) >= 11 is 0. The summed E-state index contributed by atoms with van der Waals surface area (Å²) < 4.78 is 45.8. The number of H-pyrrole nitrogens is 1. The SMILES string of the molecule is CO[C@@]1(C)CCC[C@H]1Cc1ccccc1.CO[C@@]1(C)CCN(c2nc(N3CCOCC3)cc(=O)[nH]2)[C@H]1Cc1ccccc1.CO[C@@]1(C)CCN[C@H]1Cc1ccccc1.COc1ccc(COc2cc(N3CCOCC3)nc(N3CC[C@](C)(OC)[C@@H]3Cc3ccccc3)n2)cc1.C[C@]1(O)CCC[C@H]1Cc1ccccc1.O=C1CCC[C@H]1Cc1ccccc1. The van der Waals surface area contributed by atoms with Crippen LogP contribution in [0, 0.1) is 17.8 Å². The molecule has 20 nitrogen and oxygen atoms in total. The van der Waals surface area contributed by atoms with Gasteiger partial charge in [-0.25, -0.2) is 0 Å². The number of hydrogen-bond donors (Lipinski definition) is 3. The summed E-state index contributed by atoms with van der Waals surface area (Å²) in [6.07, 6.45) is 18.8. The molecular weight excluding hydrogens is 1530 g/mol. The van der Waals surface area contributed by atoms with Crippen LogP contribution in [0.2, 0.25) is 0 Å². The van der Waals surface area contributed by atoms with Gasteiger partial charge < -0.3 is 67.9 Å². The Kier molecular flexibility index (Phi) is 33.7. The highest BCUT2D eigenvalue weighted by molar-refractivity contribution is 5.83. The third-order valence-corrected chi connectivity index (χ3v) is 27.0. The van der Waals surface area contributed by atoms with Crippen molar-refractivity contribution in [3.63, 3.8) is 0 Å². The topological polar surface area (TPSA) is 208 Å². The maximum absolute atomic E-state index is 12.4. The lowest BCUT2D eigenvalue weighted by molar-refractivity contribution is -0.120. The van der Waals surface area contributed by atoms with Crippen molar-refractivity contribution < 1.29 is 47.8 Å². The van der Waals surface area contributed by atoms with E-state index in [0.717, 1.165) is 146 Å². The molecule has 8 fully saturated rings. The first kappa shape index (κ1) is 91.8. The maximum atomic E-state index is 12.4. The number of carbonyl (C=O) groups excluding carboxylic acids is 1. The Bertz CT molecular complexity index is 4560.